The molecule has 7 aromatic carbocycles. The molecule has 0 amide bonds. The molecule has 0 aliphatic rings. The summed E-state index contributed by atoms with van der Waals surface area (Å²) < 4.78 is 0. The standard InChI is InChI=1S/C45H27N3/c1-2-12-36-28(8-1)18-19-40-38-13-3-4-14-39(38)41(26-42(36)40)34-24-32(23-33(25-34)37-15-5-9-29-10-6-20-46-43(29)37)35-22-31-17-16-30-11-7-21-47-44(30)45(31)48-27-35/h1-27H. The van der Waals surface area contributed by atoms with Crippen molar-refractivity contribution in [1.29, 1.82) is 0 Å². The van der Waals surface area contributed by atoms with Crippen molar-refractivity contribution < 1.29 is 0 Å². The molecule has 222 valence electrons. The molecular weight excluding hydrogens is 583 g/mol. The van der Waals surface area contributed by atoms with Crippen LogP contribution >= 0.6 is 0 Å². The molecule has 3 heterocycles. The van der Waals surface area contributed by atoms with E-state index in [1.165, 1.54) is 37.9 Å². The average Bonchev–Trinajstić information content (AvgIpc) is 3.16. The fraction of sp³-hybridized carbons (Fsp3) is 0. The van der Waals surface area contributed by atoms with E-state index in [-0.39, 0.29) is 0 Å². The first-order chi connectivity index (χ1) is 23.8. The van der Waals surface area contributed by atoms with Crippen molar-refractivity contribution in [1.82, 2.24) is 15.0 Å². The maximum absolute atomic E-state index is 4.99. The fourth-order valence-electron chi connectivity index (χ4n) is 7.44. The van der Waals surface area contributed by atoms with Gasteiger partial charge in [0.1, 0.15) is 0 Å². The van der Waals surface area contributed by atoms with Crippen LogP contribution in [-0.2, 0) is 0 Å². The Bertz CT molecular complexity index is 2900. The molecule has 3 aromatic heterocycles. The second kappa shape index (κ2) is 10.5. The number of benzene rings is 7. The van der Waals surface area contributed by atoms with Gasteiger partial charge in [0, 0.05) is 45.9 Å². The van der Waals surface area contributed by atoms with Gasteiger partial charge in [-0.3, -0.25) is 15.0 Å². The van der Waals surface area contributed by atoms with Gasteiger partial charge in [-0.2, -0.15) is 0 Å². The molecule has 0 bridgehead atoms. The minimum absolute atomic E-state index is 0.916. The summed E-state index contributed by atoms with van der Waals surface area (Å²) in [6.45, 7) is 0. The molecule has 48 heavy (non-hydrogen) atoms. The van der Waals surface area contributed by atoms with Gasteiger partial charge in [-0.1, -0.05) is 103 Å². The van der Waals surface area contributed by atoms with Crippen molar-refractivity contribution in [2.75, 3.05) is 0 Å². The smallest absolute Gasteiger partial charge is 0.0964 e. The predicted molar refractivity (Wildman–Crippen MR) is 201 cm³/mol. The van der Waals surface area contributed by atoms with Crippen LogP contribution in [0.5, 0.6) is 0 Å². The van der Waals surface area contributed by atoms with Gasteiger partial charge in [-0.25, -0.2) is 0 Å². The number of nitrogens with zero attached hydrogens (tertiary/aromatic N) is 3. The third kappa shape index (κ3) is 4.18. The highest BCUT2D eigenvalue weighted by Crippen LogP contribution is 2.41. The van der Waals surface area contributed by atoms with Gasteiger partial charge in [0.15, 0.2) is 0 Å². The molecule has 3 nitrogen and oxygen atoms in total. The Morgan fingerprint density at radius 2 is 0.896 bits per heavy atom. The highest BCUT2D eigenvalue weighted by molar-refractivity contribution is 6.21. The van der Waals surface area contributed by atoms with Crippen molar-refractivity contribution >= 4 is 65.0 Å². The minimum Gasteiger partial charge on any atom is -0.256 e. The number of aromatic nitrogens is 3. The SMILES string of the molecule is c1cnc2c(-c3cc(-c4cnc5c(ccc6cccnc65)c4)cc(-c4cc5c6ccccc6ccc5c5ccccc45)c3)cccc2c1. The summed E-state index contributed by atoms with van der Waals surface area (Å²) in [6.07, 6.45) is 5.71. The lowest BCUT2D eigenvalue weighted by atomic mass is 9.88. The number of pyridine rings is 3. The van der Waals surface area contributed by atoms with E-state index in [1.54, 1.807) is 0 Å². The molecule has 0 spiro atoms. The molecule has 10 aromatic rings. The van der Waals surface area contributed by atoms with Crippen LogP contribution in [0.2, 0.25) is 0 Å². The van der Waals surface area contributed by atoms with E-state index in [0.717, 1.165) is 60.5 Å². The molecule has 0 aliphatic carbocycles. The summed E-state index contributed by atoms with van der Waals surface area (Å²) in [5, 5.41) is 10.8. The van der Waals surface area contributed by atoms with Gasteiger partial charge in [0.2, 0.25) is 0 Å². The molecule has 0 unspecified atom stereocenters. The van der Waals surface area contributed by atoms with E-state index >= 15 is 0 Å². The lowest BCUT2D eigenvalue weighted by Gasteiger charge is -2.16. The largest absolute Gasteiger partial charge is 0.256 e. The first kappa shape index (κ1) is 26.7. The van der Waals surface area contributed by atoms with Gasteiger partial charge in [0.05, 0.1) is 16.6 Å². The maximum atomic E-state index is 4.99. The van der Waals surface area contributed by atoms with E-state index in [0.29, 0.717) is 0 Å². The summed E-state index contributed by atoms with van der Waals surface area (Å²) in [5.41, 5.74) is 9.58. The van der Waals surface area contributed by atoms with Gasteiger partial charge < -0.3 is 0 Å². The molecule has 0 saturated heterocycles. The van der Waals surface area contributed by atoms with Gasteiger partial charge >= 0.3 is 0 Å². The highest BCUT2D eigenvalue weighted by Gasteiger charge is 2.16. The van der Waals surface area contributed by atoms with E-state index in [9.17, 15) is 0 Å². The van der Waals surface area contributed by atoms with Crippen LogP contribution in [0.15, 0.2) is 164 Å². The summed E-state index contributed by atoms with van der Waals surface area (Å²) in [5.74, 6) is 0. The summed E-state index contributed by atoms with van der Waals surface area (Å²) >= 11 is 0. The Kier molecular flexibility index (Phi) is 5.87. The van der Waals surface area contributed by atoms with Crippen LogP contribution in [0.4, 0.5) is 0 Å². The van der Waals surface area contributed by atoms with Crippen LogP contribution in [0.3, 0.4) is 0 Å². The second-order valence-corrected chi connectivity index (χ2v) is 12.5. The first-order valence-corrected chi connectivity index (χ1v) is 16.3. The van der Waals surface area contributed by atoms with Gasteiger partial charge in [0.25, 0.3) is 0 Å². The number of hydrogen-bond donors (Lipinski definition) is 0. The molecule has 0 fully saturated rings. The normalized spacial score (nSPS) is 11.8. The zero-order chi connectivity index (χ0) is 31.6. The predicted octanol–water partition coefficient (Wildman–Crippen LogP) is 11.8. The highest BCUT2D eigenvalue weighted by atomic mass is 14.7. The Hall–Kier alpha value is -6.45. The van der Waals surface area contributed by atoms with Crippen LogP contribution in [-0.4, -0.2) is 15.0 Å². The van der Waals surface area contributed by atoms with Crippen LogP contribution in [0.1, 0.15) is 0 Å². The van der Waals surface area contributed by atoms with Crippen molar-refractivity contribution in [2.24, 2.45) is 0 Å². The molecule has 0 N–H and O–H groups in total. The zero-order valence-corrected chi connectivity index (χ0v) is 25.9. The molecule has 3 heteroatoms. The number of fused-ring (bicyclic) bond motifs is 9. The lowest BCUT2D eigenvalue weighted by Crippen LogP contribution is -1.91. The Morgan fingerprint density at radius 1 is 0.292 bits per heavy atom. The van der Waals surface area contributed by atoms with Crippen molar-refractivity contribution in [2.45, 2.75) is 0 Å². The summed E-state index contributed by atoms with van der Waals surface area (Å²) in [4.78, 5) is 14.5. The summed E-state index contributed by atoms with van der Waals surface area (Å²) in [6, 6.07) is 52.4. The fourth-order valence-corrected chi connectivity index (χ4v) is 7.44. The monoisotopic (exact) mass is 609 g/mol. The number of hydrogen-bond acceptors (Lipinski definition) is 3. The third-order valence-corrected chi connectivity index (χ3v) is 9.71. The zero-order valence-electron chi connectivity index (χ0n) is 25.9. The first-order valence-electron chi connectivity index (χ1n) is 16.3. The van der Waals surface area contributed by atoms with E-state index in [2.05, 4.69) is 138 Å². The molecule has 10 rings (SSSR count). The summed E-state index contributed by atoms with van der Waals surface area (Å²) in [7, 11) is 0. The molecule has 0 atom stereocenters. The van der Waals surface area contributed by atoms with Crippen molar-refractivity contribution in [3.05, 3.63) is 164 Å². The number of rotatable bonds is 3. The average molecular weight is 610 g/mol. The molecule has 0 radical (unpaired) electrons. The van der Waals surface area contributed by atoms with Gasteiger partial charge in [-0.05, 0) is 97.0 Å². The maximum Gasteiger partial charge on any atom is 0.0964 e. The lowest BCUT2D eigenvalue weighted by molar-refractivity contribution is 1.37. The number of para-hydroxylation sites is 1. The Labute approximate surface area is 276 Å². The van der Waals surface area contributed by atoms with E-state index in [1.807, 2.05) is 30.7 Å². The minimum atomic E-state index is 0.916. The van der Waals surface area contributed by atoms with Gasteiger partial charge in [-0.15, -0.1) is 0 Å². The van der Waals surface area contributed by atoms with Crippen LogP contribution in [0.25, 0.3) is 98.4 Å². The quantitative estimate of drug-likeness (QED) is 0.187. The topological polar surface area (TPSA) is 38.7 Å². The van der Waals surface area contributed by atoms with E-state index < -0.39 is 0 Å². The Balaban J connectivity index is 1.28. The van der Waals surface area contributed by atoms with Crippen molar-refractivity contribution in [3.8, 4) is 33.4 Å². The van der Waals surface area contributed by atoms with E-state index in [4.69, 9.17) is 9.97 Å². The third-order valence-electron chi connectivity index (χ3n) is 9.71. The molecule has 0 saturated carbocycles. The van der Waals surface area contributed by atoms with Crippen molar-refractivity contribution in [3.63, 3.8) is 0 Å². The van der Waals surface area contributed by atoms with Crippen LogP contribution < -0.4 is 0 Å². The second-order valence-electron chi connectivity index (χ2n) is 12.5. The molecule has 0 aliphatic heterocycles. The Morgan fingerprint density at radius 3 is 1.77 bits per heavy atom. The van der Waals surface area contributed by atoms with Crippen LogP contribution in [0, 0.1) is 0 Å². The molecular formula is C45H27N3.